The molecule has 0 amide bonds. The normalized spacial score (nSPS) is 18.9. The van der Waals surface area contributed by atoms with Gasteiger partial charge in [-0.2, -0.15) is 0 Å². The van der Waals surface area contributed by atoms with Gasteiger partial charge in [0.1, 0.15) is 13.2 Å². The van der Waals surface area contributed by atoms with Crippen molar-refractivity contribution >= 4 is 23.0 Å². The molecule has 0 aromatic heterocycles. The molecule has 1 N–H and O–H groups in total. The Balaban J connectivity index is 1.53. The zero-order valence-electron chi connectivity index (χ0n) is 14.3. The largest absolute Gasteiger partial charge is 0.486 e. The van der Waals surface area contributed by atoms with E-state index in [1.165, 1.54) is 11.1 Å². The molecule has 4 rings (SSSR count). The predicted molar refractivity (Wildman–Crippen MR) is 104 cm³/mol. The molecule has 0 radical (unpaired) electrons. The molecule has 0 aliphatic carbocycles. The van der Waals surface area contributed by atoms with Crippen LogP contribution < -0.4 is 14.8 Å². The molecule has 1 fully saturated rings. The average molecular weight is 354 g/mol. The lowest BCUT2D eigenvalue weighted by Crippen LogP contribution is -2.34. The van der Waals surface area contributed by atoms with Crippen molar-refractivity contribution in [3.8, 4) is 11.5 Å². The third-order valence-electron chi connectivity index (χ3n) is 4.73. The Bertz CT molecular complexity index is 793. The Morgan fingerprint density at radius 3 is 2.80 bits per heavy atom. The molecule has 2 aliphatic rings. The van der Waals surface area contributed by atoms with E-state index in [0.717, 1.165) is 41.7 Å². The van der Waals surface area contributed by atoms with Gasteiger partial charge in [0.15, 0.2) is 16.6 Å². The van der Waals surface area contributed by atoms with E-state index in [0.29, 0.717) is 13.2 Å². The number of thiocarbonyl (C=S) groups is 1. The van der Waals surface area contributed by atoms with Crippen LogP contribution in [0, 0.1) is 6.92 Å². The second-order valence-corrected chi connectivity index (χ2v) is 6.94. The summed E-state index contributed by atoms with van der Waals surface area (Å²) in [5.74, 6) is 1.67. The van der Waals surface area contributed by atoms with Crippen molar-refractivity contribution in [2.45, 2.75) is 25.8 Å². The summed E-state index contributed by atoms with van der Waals surface area (Å²) in [7, 11) is 0. The topological polar surface area (TPSA) is 33.7 Å². The van der Waals surface area contributed by atoms with Crippen molar-refractivity contribution in [3.63, 3.8) is 0 Å². The van der Waals surface area contributed by atoms with Gasteiger partial charge in [-0.3, -0.25) is 0 Å². The maximum atomic E-state index is 5.74. The number of ether oxygens (including phenoxy) is 2. The lowest BCUT2D eigenvalue weighted by Gasteiger charge is -2.29. The molecular formula is C20H22N2O2S. The zero-order valence-corrected chi connectivity index (χ0v) is 15.1. The minimum atomic E-state index is 0.278. The SMILES string of the molecule is Cc1cccc(NC(=S)N2CCC[C@@H]2c2ccc3c(c2)OCCO3)c1. The highest BCUT2D eigenvalue weighted by atomic mass is 32.1. The van der Waals surface area contributed by atoms with E-state index in [4.69, 9.17) is 21.7 Å². The van der Waals surface area contributed by atoms with Crippen molar-refractivity contribution < 1.29 is 9.47 Å². The highest BCUT2D eigenvalue weighted by molar-refractivity contribution is 7.80. The first-order valence-electron chi connectivity index (χ1n) is 8.74. The molecule has 2 heterocycles. The third-order valence-corrected chi connectivity index (χ3v) is 5.07. The van der Waals surface area contributed by atoms with Crippen molar-refractivity contribution in [1.82, 2.24) is 4.90 Å². The van der Waals surface area contributed by atoms with E-state index in [-0.39, 0.29) is 6.04 Å². The molecule has 2 aromatic carbocycles. The molecule has 25 heavy (non-hydrogen) atoms. The Morgan fingerprint density at radius 2 is 1.96 bits per heavy atom. The fourth-order valence-electron chi connectivity index (χ4n) is 3.54. The van der Waals surface area contributed by atoms with Gasteiger partial charge in [0.05, 0.1) is 6.04 Å². The number of fused-ring (bicyclic) bond motifs is 1. The van der Waals surface area contributed by atoms with Crippen molar-refractivity contribution in [3.05, 3.63) is 53.6 Å². The second kappa shape index (κ2) is 6.92. The third kappa shape index (κ3) is 3.42. The summed E-state index contributed by atoms with van der Waals surface area (Å²) in [4.78, 5) is 2.28. The Kier molecular flexibility index (Phi) is 4.49. The van der Waals surface area contributed by atoms with Crippen LogP contribution in [-0.4, -0.2) is 29.8 Å². The fraction of sp³-hybridized carbons (Fsp3) is 0.350. The minimum Gasteiger partial charge on any atom is -0.486 e. The van der Waals surface area contributed by atoms with Gasteiger partial charge < -0.3 is 19.7 Å². The minimum absolute atomic E-state index is 0.278. The first-order valence-corrected chi connectivity index (χ1v) is 9.15. The van der Waals surface area contributed by atoms with E-state index >= 15 is 0 Å². The highest BCUT2D eigenvalue weighted by Gasteiger charge is 2.29. The molecule has 0 unspecified atom stereocenters. The fourth-order valence-corrected chi connectivity index (χ4v) is 3.88. The molecule has 5 heteroatoms. The summed E-state index contributed by atoms with van der Waals surface area (Å²) in [6, 6.07) is 14.8. The van der Waals surface area contributed by atoms with Gasteiger partial charge in [0.25, 0.3) is 0 Å². The maximum absolute atomic E-state index is 5.74. The van der Waals surface area contributed by atoms with Crippen LogP contribution in [0.25, 0.3) is 0 Å². The molecule has 0 spiro atoms. The van der Waals surface area contributed by atoms with Crippen LogP contribution in [0.2, 0.25) is 0 Å². The summed E-state index contributed by atoms with van der Waals surface area (Å²) in [6.45, 7) is 4.28. The van der Waals surface area contributed by atoms with Crippen LogP contribution in [0.15, 0.2) is 42.5 Å². The monoisotopic (exact) mass is 354 g/mol. The van der Waals surface area contributed by atoms with Crippen LogP contribution in [0.5, 0.6) is 11.5 Å². The summed E-state index contributed by atoms with van der Waals surface area (Å²) in [5, 5.41) is 4.17. The lowest BCUT2D eigenvalue weighted by atomic mass is 10.0. The summed E-state index contributed by atoms with van der Waals surface area (Å²) in [6.07, 6.45) is 2.23. The number of benzene rings is 2. The number of anilines is 1. The number of hydrogen-bond acceptors (Lipinski definition) is 3. The van der Waals surface area contributed by atoms with Gasteiger partial charge in [-0.15, -0.1) is 0 Å². The Labute approximate surface area is 153 Å². The molecule has 0 bridgehead atoms. The van der Waals surface area contributed by atoms with E-state index in [1.54, 1.807) is 0 Å². The molecule has 2 aliphatic heterocycles. The molecule has 0 saturated carbocycles. The number of nitrogens with zero attached hydrogens (tertiary/aromatic N) is 1. The van der Waals surface area contributed by atoms with Crippen molar-refractivity contribution in [2.75, 3.05) is 25.1 Å². The molecule has 1 atom stereocenters. The van der Waals surface area contributed by atoms with Crippen LogP contribution in [-0.2, 0) is 0 Å². The first-order chi connectivity index (χ1) is 12.2. The maximum Gasteiger partial charge on any atom is 0.173 e. The second-order valence-electron chi connectivity index (χ2n) is 6.55. The van der Waals surface area contributed by atoms with E-state index in [9.17, 15) is 0 Å². The Morgan fingerprint density at radius 1 is 1.12 bits per heavy atom. The first kappa shape index (κ1) is 16.2. The quantitative estimate of drug-likeness (QED) is 0.813. The van der Waals surface area contributed by atoms with E-state index < -0.39 is 0 Å². The van der Waals surface area contributed by atoms with Gasteiger partial charge in [0, 0.05) is 12.2 Å². The standard InChI is InChI=1S/C20H22N2O2S/c1-14-4-2-5-16(12-14)21-20(25)22-9-3-6-17(22)15-7-8-18-19(13-15)24-11-10-23-18/h2,4-5,7-8,12-13,17H,3,6,9-11H2,1H3,(H,21,25)/t17-/m1/s1. The van der Waals surface area contributed by atoms with E-state index in [1.807, 2.05) is 12.1 Å². The molecule has 130 valence electrons. The molecule has 2 aromatic rings. The summed E-state index contributed by atoms with van der Waals surface area (Å²) < 4.78 is 11.4. The molecular weight excluding hydrogens is 332 g/mol. The van der Waals surface area contributed by atoms with Gasteiger partial charge >= 0.3 is 0 Å². The lowest BCUT2D eigenvalue weighted by molar-refractivity contribution is 0.171. The summed E-state index contributed by atoms with van der Waals surface area (Å²) >= 11 is 5.70. The van der Waals surface area contributed by atoms with Crippen LogP contribution in [0.4, 0.5) is 5.69 Å². The smallest absolute Gasteiger partial charge is 0.173 e. The summed E-state index contributed by atoms with van der Waals surface area (Å²) in [5.41, 5.74) is 3.49. The van der Waals surface area contributed by atoms with Crippen LogP contribution in [0.3, 0.4) is 0 Å². The van der Waals surface area contributed by atoms with E-state index in [2.05, 4.69) is 47.5 Å². The van der Waals surface area contributed by atoms with Crippen molar-refractivity contribution in [2.24, 2.45) is 0 Å². The number of rotatable bonds is 2. The van der Waals surface area contributed by atoms with Gasteiger partial charge in [-0.1, -0.05) is 18.2 Å². The van der Waals surface area contributed by atoms with Crippen molar-refractivity contribution in [1.29, 1.82) is 0 Å². The predicted octanol–water partition coefficient (Wildman–Crippen LogP) is 4.30. The molecule has 1 saturated heterocycles. The molecule has 4 nitrogen and oxygen atoms in total. The Hall–Kier alpha value is -2.27. The van der Waals surface area contributed by atoms with Crippen LogP contribution >= 0.6 is 12.2 Å². The van der Waals surface area contributed by atoms with Gasteiger partial charge in [0.2, 0.25) is 0 Å². The van der Waals surface area contributed by atoms with Gasteiger partial charge in [-0.05, 0) is 67.4 Å². The highest BCUT2D eigenvalue weighted by Crippen LogP contribution is 2.38. The number of hydrogen-bond donors (Lipinski definition) is 1. The zero-order chi connectivity index (χ0) is 17.2. The number of nitrogens with one attached hydrogen (secondary N) is 1. The number of likely N-dealkylation sites (tertiary alicyclic amines) is 1. The number of aryl methyl sites for hydroxylation is 1. The van der Waals surface area contributed by atoms with Crippen LogP contribution in [0.1, 0.15) is 30.0 Å². The average Bonchev–Trinajstić information content (AvgIpc) is 3.11. The van der Waals surface area contributed by atoms with Gasteiger partial charge in [-0.25, -0.2) is 0 Å².